The van der Waals surface area contributed by atoms with Crippen LogP contribution in [-0.4, -0.2) is 28.8 Å². The molecule has 4 rings (SSSR count). The lowest BCUT2D eigenvalue weighted by atomic mass is 10.0. The second-order valence-electron chi connectivity index (χ2n) is 6.91. The number of amides is 1. The van der Waals surface area contributed by atoms with Gasteiger partial charge in [0.1, 0.15) is 17.6 Å². The Morgan fingerprint density at radius 3 is 2.79 bits per heavy atom. The summed E-state index contributed by atoms with van der Waals surface area (Å²) >= 11 is 0. The summed E-state index contributed by atoms with van der Waals surface area (Å²) in [6.07, 6.45) is 3.86. The van der Waals surface area contributed by atoms with Gasteiger partial charge in [-0.25, -0.2) is 15.2 Å². The molecule has 0 spiro atoms. The molecule has 1 aliphatic rings. The Hall–Kier alpha value is -3.23. The van der Waals surface area contributed by atoms with Crippen LogP contribution in [-0.2, 0) is 11.3 Å². The lowest BCUT2D eigenvalue weighted by Crippen LogP contribution is -2.39. The summed E-state index contributed by atoms with van der Waals surface area (Å²) in [4.78, 5) is 12.6. The normalized spacial score (nSPS) is 18.6. The lowest BCUT2D eigenvalue weighted by Gasteiger charge is -2.10. The summed E-state index contributed by atoms with van der Waals surface area (Å²) in [6.45, 7) is 0.297. The lowest BCUT2D eigenvalue weighted by molar-refractivity contribution is -0.117. The predicted molar refractivity (Wildman–Crippen MR) is 107 cm³/mol. The Balaban J connectivity index is 1.34. The number of carbonyl (C=O) groups is 1. The van der Waals surface area contributed by atoms with Crippen LogP contribution in [0.4, 0.5) is 10.1 Å². The van der Waals surface area contributed by atoms with E-state index < -0.39 is 0 Å². The fraction of sp³-hybridized carbons (Fsp3) is 0.238. The van der Waals surface area contributed by atoms with Gasteiger partial charge in [-0.05, 0) is 30.2 Å². The number of rotatable bonds is 6. The van der Waals surface area contributed by atoms with Gasteiger partial charge in [-0.3, -0.25) is 9.48 Å². The number of hydrogen-bond acceptors (Lipinski definition) is 5. The van der Waals surface area contributed by atoms with E-state index in [2.05, 4.69) is 21.3 Å². The second-order valence-corrected chi connectivity index (χ2v) is 6.91. The second kappa shape index (κ2) is 8.42. The highest BCUT2D eigenvalue weighted by atomic mass is 19.1. The van der Waals surface area contributed by atoms with Gasteiger partial charge in [0, 0.05) is 17.8 Å². The van der Waals surface area contributed by atoms with E-state index in [1.165, 1.54) is 6.07 Å². The number of ether oxygens (including phenoxy) is 1. The monoisotopic (exact) mass is 395 g/mol. The van der Waals surface area contributed by atoms with Gasteiger partial charge in [-0.2, -0.15) is 5.10 Å². The minimum absolute atomic E-state index is 0.0282. The van der Waals surface area contributed by atoms with Gasteiger partial charge in [0.2, 0.25) is 5.91 Å². The molecule has 0 bridgehead atoms. The van der Waals surface area contributed by atoms with E-state index >= 15 is 0 Å². The van der Waals surface area contributed by atoms with Crippen LogP contribution in [0.5, 0.6) is 5.75 Å². The molecule has 1 saturated heterocycles. The first-order chi connectivity index (χ1) is 14.1. The first-order valence-electron chi connectivity index (χ1n) is 9.34. The molecule has 2 atom stereocenters. The van der Waals surface area contributed by atoms with E-state index in [-0.39, 0.29) is 23.8 Å². The highest BCUT2D eigenvalue weighted by Gasteiger charge is 2.30. The third kappa shape index (κ3) is 4.44. The zero-order valence-electron chi connectivity index (χ0n) is 15.9. The number of aromatic nitrogens is 2. The molecule has 8 heteroatoms. The van der Waals surface area contributed by atoms with E-state index in [1.54, 1.807) is 42.4 Å². The van der Waals surface area contributed by atoms with Crippen LogP contribution in [0, 0.1) is 5.82 Å². The maximum Gasteiger partial charge on any atom is 0.243 e. The summed E-state index contributed by atoms with van der Waals surface area (Å²) in [7, 11) is 1.63. The Morgan fingerprint density at radius 1 is 1.24 bits per heavy atom. The molecule has 29 heavy (non-hydrogen) atoms. The molecule has 150 valence electrons. The number of nitrogens with one attached hydrogen (secondary N) is 3. The molecule has 0 aliphatic carbocycles. The van der Waals surface area contributed by atoms with Crippen LogP contribution in [0.15, 0.2) is 60.9 Å². The number of anilines is 1. The average molecular weight is 395 g/mol. The SMILES string of the molecule is COc1ccc(C2CC(C(=O)Nc3cnn(Cc4ccccc4F)c3)NN2)cc1. The number of hydrogen-bond donors (Lipinski definition) is 3. The summed E-state index contributed by atoms with van der Waals surface area (Å²) in [6, 6.07) is 14.0. The fourth-order valence-electron chi connectivity index (χ4n) is 3.33. The van der Waals surface area contributed by atoms with Gasteiger partial charge in [0.05, 0.1) is 25.5 Å². The van der Waals surface area contributed by atoms with Crippen LogP contribution in [0.1, 0.15) is 23.6 Å². The minimum atomic E-state index is -0.378. The van der Waals surface area contributed by atoms with E-state index in [0.717, 1.165) is 11.3 Å². The van der Waals surface area contributed by atoms with Crippen LogP contribution >= 0.6 is 0 Å². The molecule has 0 saturated carbocycles. The zero-order valence-corrected chi connectivity index (χ0v) is 15.9. The van der Waals surface area contributed by atoms with Gasteiger partial charge >= 0.3 is 0 Å². The topological polar surface area (TPSA) is 80.2 Å². The van der Waals surface area contributed by atoms with Gasteiger partial charge < -0.3 is 10.1 Å². The third-order valence-corrected chi connectivity index (χ3v) is 4.93. The van der Waals surface area contributed by atoms with Crippen LogP contribution in [0.3, 0.4) is 0 Å². The predicted octanol–water partition coefficient (Wildman–Crippen LogP) is 2.63. The Kier molecular flexibility index (Phi) is 5.55. The first-order valence-corrected chi connectivity index (χ1v) is 9.34. The number of hydrazine groups is 1. The van der Waals surface area contributed by atoms with Crippen molar-refractivity contribution in [2.45, 2.75) is 25.0 Å². The largest absolute Gasteiger partial charge is 0.497 e. The first kappa shape index (κ1) is 19.1. The highest BCUT2D eigenvalue weighted by Crippen LogP contribution is 2.24. The number of halogens is 1. The molecule has 1 fully saturated rings. The summed E-state index contributed by atoms with van der Waals surface area (Å²) in [5.41, 5.74) is 8.38. The molecule has 3 aromatic rings. The van der Waals surface area contributed by atoms with Gasteiger partial charge in [-0.15, -0.1) is 0 Å². The Morgan fingerprint density at radius 2 is 2.03 bits per heavy atom. The van der Waals surface area contributed by atoms with Crippen molar-refractivity contribution in [2.24, 2.45) is 0 Å². The molecule has 2 heterocycles. The average Bonchev–Trinajstić information content (AvgIpc) is 3.40. The maximum absolute atomic E-state index is 13.8. The van der Waals surface area contributed by atoms with E-state index in [4.69, 9.17) is 4.74 Å². The number of carbonyl (C=O) groups excluding carboxylic acids is 1. The standard InChI is InChI=1S/C21H22FN5O2/c1-29-17-8-6-14(7-9-17)19-10-20(26-25-19)21(28)24-16-11-23-27(13-16)12-15-4-2-3-5-18(15)22/h2-9,11,13,19-20,25-26H,10,12H2,1H3,(H,24,28). The van der Waals surface area contributed by atoms with Gasteiger partial charge in [0.25, 0.3) is 0 Å². The van der Waals surface area contributed by atoms with Crippen molar-refractivity contribution in [1.29, 1.82) is 0 Å². The molecule has 0 radical (unpaired) electrons. The van der Waals surface area contributed by atoms with E-state index in [0.29, 0.717) is 24.2 Å². The van der Waals surface area contributed by atoms with Crippen LogP contribution in [0.2, 0.25) is 0 Å². The zero-order chi connectivity index (χ0) is 20.2. The molecule has 1 aromatic heterocycles. The van der Waals surface area contributed by atoms with Crippen molar-refractivity contribution in [3.63, 3.8) is 0 Å². The van der Waals surface area contributed by atoms with Crippen LogP contribution in [0.25, 0.3) is 0 Å². The van der Waals surface area contributed by atoms with Crippen molar-refractivity contribution in [2.75, 3.05) is 12.4 Å². The van der Waals surface area contributed by atoms with Gasteiger partial charge in [-0.1, -0.05) is 30.3 Å². The highest BCUT2D eigenvalue weighted by molar-refractivity contribution is 5.94. The van der Waals surface area contributed by atoms with Crippen LogP contribution < -0.4 is 20.9 Å². The van der Waals surface area contributed by atoms with E-state index in [1.807, 2.05) is 24.3 Å². The van der Waals surface area contributed by atoms with Crippen molar-refractivity contribution < 1.29 is 13.9 Å². The number of benzene rings is 2. The molecule has 7 nitrogen and oxygen atoms in total. The fourth-order valence-corrected chi connectivity index (χ4v) is 3.33. The molecule has 1 amide bonds. The molecular formula is C21H22FN5O2. The summed E-state index contributed by atoms with van der Waals surface area (Å²) in [5, 5.41) is 7.05. The van der Waals surface area contributed by atoms with Crippen molar-refractivity contribution in [3.05, 3.63) is 77.9 Å². The Bertz CT molecular complexity index is 989. The quantitative estimate of drug-likeness (QED) is 0.598. The number of nitrogens with zero attached hydrogens (tertiary/aromatic N) is 2. The third-order valence-electron chi connectivity index (χ3n) is 4.93. The maximum atomic E-state index is 13.8. The summed E-state index contributed by atoms with van der Waals surface area (Å²) < 4.78 is 20.5. The number of methoxy groups -OCH3 is 1. The molecule has 3 N–H and O–H groups in total. The smallest absolute Gasteiger partial charge is 0.243 e. The molecule has 2 aromatic carbocycles. The Labute approximate surface area is 167 Å². The molecular weight excluding hydrogens is 373 g/mol. The summed E-state index contributed by atoms with van der Waals surface area (Å²) in [5.74, 6) is 0.361. The minimum Gasteiger partial charge on any atom is -0.497 e. The molecule has 1 aliphatic heterocycles. The van der Waals surface area contributed by atoms with Crippen molar-refractivity contribution in [3.8, 4) is 5.75 Å². The van der Waals surface area contributed by atoms with Crippen molar-refractivity contribution >= 4 is 11.6 Å². The van der Waals surface area contributed by atoms with E-state index in [9.17, 15) is 9.18 Å². The van der Waals surface area contributed by atoms with Crippen molar-refractivity contribution in [1.82, 2.24) is 20.6 Å². The molecule has 2 unspecified atom stereocenters. The van der Waals surface area contributed by atoms with Gasteiger partial charge in [0.15, 0.2) is 0 Å².